The van der Waals surface area contributed by atoms with Crippen molar-refractivity contribution in [1.82, 2.24) is 0 Å². The zero-order valence-corrected chi connectivity index (χ0v) is 15.5. The topological polar surface area (TPSA) is 68.8 Å². The molecule has 0 heterocycles. The Balaban J connectivity index is 2.14. The van der Waals surface area contributed by atoms with E-state index in [2.05, 4.69) is 10.6 Å². The average molecular weight is 362 g/mol. The highest BCUT2D eigenvalue weighted by Gasteiger charge is 2.17. The van der Waals surface area contributed by atoms with Crippen LogP contribution in [0, 0.1) is 12.7 Å². The standard InChI is InChI=1S/C19H23FN2O4/c1-11-6-7-13(8-15(11)20)22-19(23)12(2)21-14-9-16(24-3)18(26-5)17(10-14)25-4/h6-10,12,21H,1-5H3,(H,22,23). The van der Waals surface area contributed by atoms with Gasteiger partial charge in [0.15, 0.2) is 11.5 Å². The van der Waals surface area contributed by atoms with E-state index < -0.39 is 6.04 Å². The molecule has 1 amide bonds. The molecule has 7 heteroatoms. The summed E-state index contributed by atoms with van der Waals surface area (Å²) in [5.41, 5.74) is 1.54. The van der Waals surface area contributed by atoms with Crippen LogP contribution < -0.4 is 24.8 Å². The number of nitrogens with one attached hydrogen (secondary N) is 2. The number of hydrogen-bond acceptors (Lipinski definition) is 5. The van der Waals surface area contributed by atoms with Gasteiger partial charge in [0, 0.05) is 23.5 Å². The number of carbonyl (C=O) groups is 1. The fourth-order valence-electron chi connectivity index (χ4n) is 2.40. The Morgan fingerprint density at radius 3 is 2.12 bits per heavy atom. The maximum Gasteiger partial charge on any atom is 0.246 e. The first kappa shape index (κ1) is 19.4. The highest BCUT2D eigenvalue weighted by Crippen LogP contribution is 2.40. The molecule has 2 rings (SSSR count). The first-order valence-electron chi connectivity index (χ1n) is 8.03. The molecule has 1 atom stereocenters. The molecule has 0 saturated heterocycles. The maximum absolute atomic E-state index is 13.6. The fraction of sp³-hybridized carbons (Fsp3) is 0.316. The Bertz CT molecular complexity index is 770. The quantitative estimate of drug-likeness (QED) is 0.788. The van der Waals surface area contributed by atoms with Gasteiger partial charge in [0.25, 0.3) is 0 Å². The number of ether oxygens (including phenoxy) is 3. The van der Waals surface area contributed by atoms with E-state index in [9.17, 15) is 9.18 Å². The summed E-state index contributed by atoms with van der Waals surface area (Å²) in [5, 5.41) is 5.75. The highest BCUT2D eigenvalue weighted by atomic mass is 19.1. The molecule has 140 valence electrons. The molecule has 26 heavy (non-hydrogen) atoms. The van der Waals surface area contributed by atoms with Crippen LogP contribution in [0.3, 0.4) is 0 Å². The normalized spacial score (nSPS) is 11.5. The van der Waals surface area contributed by atoms with Gasteiger partial charge in [-0.3, -0.25) is 4.79 Å². The third-order valence-corrected chi connectivity index (χ3v) is 3.88. The predicted octanol–water partition coefficient (Wildman–Crippen LogP) is 3.60. The number of halogens is 1. The summed E-state index contributed by atoms with van der Waals surface area (Å²) in [6, 6.07) is 7.39. The summed E-state index contributed by atoms with van der Waals surface area (Å²) in [6.45, 7) is 3.36. The molecule has 0 aliphatic carbocycles. The van der Waals surface area contributed by atoms with Crippen molar-refractivity contribution in [2.24, 2.45) is 0 Å². The Morgan fingerprint density at radius 2 is 1.62 bits per heavy atom. The lowest BCUT2D eigenvalue weighted by Crippen LogP contribution is -2.31. The van der Waals surface area contributed by atoms with Crippen molar-refractivity contribution in [1.29, 1.82) is 0 Å². The molecule has 1 unspecified atom stereocenters. The lowest BCUT2D eigenvalue weighted by molar-refractivity contribution is -0.116. The minimum absolute atomic E-state index is 0.304. The minimum Gasteiger partial charge on any atom is -0.493 e. The van der Waals surface area contributed by atoms with Crippen LogP contribution in [-0.2, 0) is 4.79 Å². The molecule has 0 fully saturated rings. The molecule has 2 aromatic carbocycles. The first-order valence-corrected chi connectivity index (χ1v) is 8.03. The maximum atomic E-state index is 13.6. The second-order valence-electron chi connectivity index (χ2n) is 5.73. The van der Waals surface area contributed by atoms with Crippen molar-refractivity contribution in [3.8, 4) is 17.2 Å². The zero-order chi connectivity index (χ0) is 19.3. The van der Waals surface area contributed by atoms with E-state index in [1.807, 2.05) is 0 Å². The Hall–Kier alpha value is -2.96. The van der Waals surface area contributed by atoms with Crippen LogP contribution in [0.1, 0.15) is 12.5 Å². The predicted molar refractivity (Wildman–Crippen MR) is 98.9 cm³/mol. The van der Waals surface area contributed by atoms with Gasteiger partial charge in [-0.05, 0) is 31.5 Å². The van der Waals surface area contributed by atoms with E-state index in [4.69, 9.17) is 14.2 Å². The number of anilines is 2. The second kappa shape index (κ2) is 8.42. The summed E-state index contributed by atoms with van der Waals surface area (Å²) in [4.78, 5) is 12.4. The molecule has 2 N–H and O–H groups in total. The van der Waals surface area contributed by atoms with Crippen molar-refractivity contribution < 1.29 is 23.4 Å². The lowest BCUT2D eigenvalue weighted by Gasteiger charge is -2.18. The summed E-state index contributed by atoms with van der Waals surface area (Å²) in [5.74, 6) is 0.743. The summed E-state index contributed by atoms with van der Waals surface area (Å²) >= 11 is 0. The van der Waals surface area contributed by atoms with Crippen molar-refractivity contribution >= 4 is 17.3 Å². The van der Waals surface area contributed by atoms with Gasteiger partial charge in [-0.25, -0.2) is 4.39 Å². The van der Waals surface area contributed by atoms with Crippen molar-refractivity contribution in [3.63, 3.8) is 0 Å². The zero-order valence-electron chi connectivity index (χ0n) is 15.5. The van der Waals surface area contributed by atoms with Crippen LogP contribution in [0.2, 0.25) is 0 Å². The lowest BCUT2D eigenvalue weighted by atomic mass is 10.2. The van der Waals surface area contributed by atoms with Crippen LogP contribution in [0.5, 0.6) is 17.2 Å². The minimum atomic E-state index is -0.581. The number of amides is 1. The third kappa shape index (κ3) is 4.36. The smallest absolute Gasteiger partial charge is 0.246 e. The number of methoxy groups -OCH3 is 3. The van der Waals surface area contributed by atoms with Gasteiger partial charge in [-0.1, -0.05) is 6.07 Å². The van der Waals surface area contributed by atoms with Crippen molar-refractivity contribution in [3.05, 3.63) is 41.7 Å². The molecular formula is C19H23FN2O4. The van der Waals surface area contributed by atoms with Gasteiger partial charge < -0.3 is 24.8 Å². The SMILES string of the molecule is COc1cc(NC(C)C(=O)Nc2ccc(C)c(F)c2)cc(OC)c1OC. The van der Waals surface area contributed by atoms with E-state index in [1.54, 1.807) is 38.1 Å². The molecule has 0 spiro atoms. The van der Waals surface area contributed by atoms with Gasteiger partial charge in [-0.15, -0.1) is 0 Å². The number of benzene rings is 2. The van der Waals surface area contributed by atoms with Crippen LogP contribution in [0.25, 0.3) is 0 Å². The fourth-order valence-corrected chi connectivity index (χ4v) is 2.40. The van der Waals surface area contributed by atoms with Crippen LogP contribution in [0.4, 0.5) is 15.8 Å². The van der Waals surface area contributed by atoms with E-state index in [0.29, 0.717) is 34.2 Å². The summed E-state index contributed by atoms with van der Waals surface area (Å²) in [6.07, 6.45) is 0. The molecule has 6 nitrogen and oxygen atoms in total. The van der Waals surface area contributed by atoms with E-state index in [1.165, 1.54) is 27.4 Å². The molecule has 0 bridgehead atoms. The van der Waals surface area contributed by atoms with Crippen LogP contribution in [-0.4, -0.2) is 33.3 Å². The summed E-state index contributed by atoms with van der Waals surface area (Å²) < 4.78 is 29.5. The van der Waals surface area contributed by atoms with E-state index in [-0.39, 0.29) is 11.7 Å². The van der Waals surface area contributed by atoms with Crippen molar-refractivity contribution in [2.75, 3.05) is 32.0 Å². The average Bonchev–Trinajstić information content (AvgIpc) is 2.63. The van der Waals surface area contributed by atoms with E-state index in [0.717, 1.165) is 0 Å². The molecule has 0 aliphatic heterocycles. The molecule has 0 aromatic heterocycles. The Labute approximate surface area is 152 Å². The third-order valence-electron chi connectivity index (χ3n) is 3.88. The molecular weight excluding hydrogens is 339 g/mol. The van der Waals surface area contributed by atoms with Gasteiger partial charge in [-0.2, -0.15) is 0 Å². The number of carbonyl (C=O) groups excluding carboxylic acids is 1. The second-order valence-corrected chi connectivity index (χ2v) is 5.73. The number of rotatable bonds is 7. The molecule has 0 aliphatic rings. The van der Waals surface area contributed by atoms with Gasteiger partial charge >= 0.3 is 0 Å². The summed E-state index contributed by atoms with van der Waals surface area (Å²) in [7, 11) is 4.55. The molecule has 2 aromatic rings. The van der Waals surface area contributed by atoms with Crippen molar-refractivity contribution in [2.45, 2.75) is 19.9 Å². The number of hydrogen-bond donors (Lipinski definition) is 2. The molecule has 0 radical (unpaired) electrons. The van der Waals surface area contributed by atoms with E-state index >= 15 is 0 Å². The van der Waals surface area contributed by atoms with Gasteiger partial charge in [0.1, 0.15) is 11.9 Å². The molecule has 0 saturated carbocycles. The Kier molecular flexibility index (Phi) is 6.27. The van der Waals surface area contributed by atoms with Gasteiger partial charge in [0.2, 0.25) is 11.7 Å². The van der Waals surface area contributed by atoms with Crippen LogP contribution >= 0.6 is 0 Å². The highest BCUT2D eigenvalue weighted by molar-refractivity contribution is 5.96. The monoisotopic (exact) mass is 362 g/mol. The van der Waals surface area contributed by atoms with Gasteiger partial charge in [0.05, 0.1) is 21.3 Å². The van der Waals surface area contributed by atoms with Crippen LogP contribution in [0.15, 0.2) is 30.3 Å². The Morgan fingerprint density at radius 1 is 1.00 bits per heavy atom. The largest absolute Gasteiger partial charge is 0.493 e. The number of aryl methyl sites for hydroxylation is 1. The first-order chi connectivity index (χ1) is 12.4.